The molecular formula is C28H36N4OS. The maximum Gasteiger partial charge on any atom is 0.180 e. The van der Waals surface area contributed by atoms with Crippen LogP contribution in [0, 0.1) is 23.2 Å². The van der Waals surface area contributed by atoms with Gasteiger partial charge in [-0.1, -0.05) is 39.8 Å². The highest BCUT2D eigenvalue weighted by Crippen LogP contribution is 2.61. The second-order valence-corrected chi connectivity index (χ2v) is 10.8. The number of benzene rings is 2. The van der Waals surface area contributed by atoms with Crippen molar-refractivity contribution in [3.63, 3.8) is 0 Å². The van der Waals surface area contributed by atoms with E-state index in [0.717, 1.165) is 46.2 Å². The minimum absolute atomic E-state index is 0.253. The Morgan fingerprint density at radius 1 is 1.12 bits per heavy atom. The van der Waals surface area contributed by atoms with Gasteiger partial charge in [-0.2, -0.15) is 0 Å². The maximum atomic E-state index is 13.7. The molecule has 5 nitrogen and oxygen atoms in total. The van der Waals surface area contributed by atoms with Crippen molar-refractivity contribution in [1.29, 1.82) is 0 Å². The summed E-state index contributed by atoms with van der Waals surface area (Å²) in [4.78, 5) is 0.867. The van der Waals surface area contributed by atoms with Crippen LogP contribution in [0.4, 0.5) is 22.7 Å². The minimum atomic E-state index is -1.39. The van der Waals surface area contributed by atoms with Crippen molar-refractivity contribution in [2.45, 2.75) is 33.6 Å². The van der Waals surface area contributed by atoms with E-state index in [0.29, 0.717) is 11.8 Å². The van der Waals surface area contributed by atoms with Crippen molar-refractivity contribution in [3.05, 3.63) is 83.4 Å². The fraction of sp³-hybridized carbons (Fsp3) is 0.357. The molecule has 34 heavy (non-hydrogen) atoms. The van der Waals surface area contributed by atoms with Gasteiger partial charge in [0.05, 0.1) is 5.69 Å². The third-order valence-electron chi connectivity index (χ3n) is 7.23. The van der Waals surface area contributed by atoms with E-state index in [4.69, 9.17) is 5.73 Å². The average Bonchev–Trinajstić information content (AvgIpc) is 3.08. The van der Waals surface area contributed by atoms with E-state index >= 15 is 0 Å². The molecule has 0 aromatic heterocycles. The largest absolute Gasteiger partial charge is 0.588 e. The Morgan fingerprint density at radius 3 is 2.32 bits per heavy atom. The number of rotatable bonds is 9. The molecule has 2 bridgehead atoms. The van der Waals surface area contributed by atoms with Crippen molar-refractivity contribution >= 4 is 34.1 Å². The van der Waals surface area contributed by atoms with Crippen LogP contribution in [0.3, 0.4) is 0 Å². The molecule has 0 aliphatic heterocycles. The number of fused-ring (bicyclic) bond motifs is 1. The van der Waals surface area contributed by atoms with Gasteiger partial charge in [-0.25, -0.2) is 4.72 Å². The second kappa shape index (κ2) is 9.80. The Balaban J connectivity index is 1.68. The summed E-state index contributed by atoms with van der Waals surface area (Å²) in [6.07, 6.45) is 6.62. The third kappa shape index (κ3) is 4.57. The van der Waals surface area contributed by atoms with E-state index < -0.39 is 11.4 Å². The zero-order valence-corrected chi connectivity index (χ0v) is 21.3. The van der Waals surface area contributed by atoms with Crippen molar-refractivity contribution in [3.8, 4) is 0 Å². The van der Waals surface area contributed by atoms with Gasteiger partial charge in [0.2, 0.25) is 0 Å². The molecule has 3 aliphatic rings. The standard InChI is InChI=1S/C28H36N4OS/c1-6-26-20-15-25(18(2)3)27(34(33)32-24-13-11-22(30-5)12-14-24)17-28(26,16-20)19(4)31-23-9-7-21(29)8-10-23/h7-15,17-18,20,26,30-32H,4,6,16,29H2,1-3,5H3. The summed E-state index contributed by atoms with van der Waals surface area (Å²) in [5.41, 5.74) is 11.3. The molecule has 0 radical (unpaired) electrons. The molecule has 5 N–H and O–H groups in total. The van der Waals surface area contributed by atoms with Crippen molar-refractivity contribution in [1.82, 2.24) is 0 Å². The molecule has 1 fully saturated rings. The number of nitrogens with two attached hydrogens (primary N) is 1. The summed E-state index contributed by atoms with van der Waals surface area (Å²) in [6.45, 7) is 11.1. The van der Waals surface area contributed by atoms with Gasteiger partial charge in [-0.3, -0.25) is 0 Å². The molecule has 2 aromatic carbocycles. The summed E-state index contributed by atoms with van der Waals surface area (Å²) in [5.74, 6) is 1.14. The van der Waals surface area contributed by atoms with Gasteiger partial charge in [0.15, 0.2) is 4.91 Å². The zero-order valence-electron chi connectivity index (χ0n) is 20.5. The summed E-state index contributed by atoms with van der Waals surface area (Å²) < 4.78 is 17.0. The number of hydrogen-bond acceptors (Lipinski definition) is 5. The number of allylic oxidation sites excluding steroid dienone is 3. The molecule has 0 amide bonds. The van der Waals surface area contributed by atoms with E-state index in [2.05, 4.69) is 54.9 Å². The Labute approximate surface area is 206 Å². The van der Waals surface area contributed by atoms with Crippen LogP contribution >= 0.6 is 0 Å². The van der Waals surface area contributed by atoms with Gasteiger partial charge in [-0.05, 0) is 78.8 Å². The molecule has 6 heteroatoms. The first-order chi connectivity index (χ1) is 16.3. The summed E-state index contributed by atoms with van der Waals surface area (Å²) in [6, 6.07) is 15.6. The Morgan fingerprint density at radius 2 is 1.74 bits per heavy atom. The fourth-order valence-corrected chi connectivity index (χ4v) is 6.63. The predicted molar refractivity (Wildman–Crippen MR) is 147 cm³/mol. The fourth-order valence-electron chi connectivity index (χ4n) is 5.34. The van der Waals surface area contributed by atoms with Crippen molar-refractivity contribution < 1.29 is 4.55 Å². The molecule has 3 aliphatic carbocycles. The normalized spacial score (nSPS) is 24.3. The monoisotopic (exact) mass is 476 g/mol. The van der Waals surface area contributed by atoms with E-state index in [1.54, 1.807) is 0 Å². The SMILES string of the molecule is C=C(Nc1ccc(N)cc1)C12C=C([S+]([O-])Nc3ccc(NC)cc3)C(C(C)C)=CC(C1)C2CC. The first kappa shape index (κ1) is 24.3. The molecule has 2 aromatic rings. The number of nitrogens with one attached hydrogen (secondary N) is 3. The van der Waals surface area contributed by atoms with Crippen LogP contribution in [0.25, 0.3) is 0 Å². The molecule has 5 rings (SSSR count). The first-order valence-corrected chi connectivity index (χ1v) is 13.2. The highest BCUT2D eigenvalue weighted by molar-refractivity contribution is 7.96. The Bertz CT molecular complexity index is 1090. The molecule has 0 saturated heterocycles. The van der Waals surface area contributed by atoms with Crippen molar-refractivity contribution in [2.24, 2.45) is 23.2 Å². The minimum Gasteiger partial charge on any atom is -0.588 e. The lowest BCUT2D eigenvalue weighted by atomic mass is 9.52. The third-order valence-corrected chi connectivity index (χ3v) is 8.41. The van der Waals surface area contributed by atoms with Gasteiger partial charge in [0.1, 0.15) is 11.4 Å². The zero-order chi connectivity index (χ0) is 24.5. The van der Waals surface area contributed by atoms with Gasteiger partial charge in [0, 0.05) is 40.8 Å². The molecule has 1 saturated carbocycles. The van der Waals surface area contributed by atoms with E-state index in [-0.39, 0.29) is 11.3 Å². The van der Waals surface area contributed by atoms with Gasteiger partial charge >= 0.3 is 0 Å². The lowest BCUT2D eigenvalue weighted by molar-refractivity contribution is 0.0638. The molecule has 4 unspecified atom stereocenters. The summed E-state index contributed by atoms with van der Waals surface area (Å²) in [5, 5.41) is 6.65. The number of anilines is 4. The molecule has 0 heterocycles. The molecule has 180 valence electrons. The molecular weight excluding hydrogens is 440 g/mol. The smallest absolute Gasteiger partial charge is 0.180 e. The predicted octanol–water partition coefficient (Wildman–Crippen LogP) is 6.52. The summed E-state index contributed by atoms with van der Waals surface area (Å²) in [7, 11) is 1.89. The van der Waals surface area contributed by atoms with E-state index in [9.17, 15) is 4.55 Å². The van der Waals surface area contributed by atoms with Crippen LogP contribution in [-0.2, 0) is 11.4 Å². The van der Waals surface area contributed by atoms with Crippen LogP contribution in [0.15, 0.2) is 83.4 Å². The maximum absolute atomic E-state index is 13.7. The van der Waals surface area contributed by atoms with Gasteiger partial charge in [-0.15, -0.1) is 0 Å². The van der Waals surface area contributed by atoms with E-state index in [1.165, 1.54) is 5.57 Å². The highest BCUT2D eigenvalue weighted by Gasteiger charge is 2.55. The number of nitrogen functional groups attached to an aromatic ring is 1. The summed E-state index contributed by atoms with van der Waals surface area (Å²) >= 11 is -1.39. The number of hydrogen-bond donors (Lipinski definition) is 4. The van der Waals surface area contributed by atoms with Crippen LogP contribution < -0.4 is 21.1 Å². The van der Waals surface area contributed by atoms with Crippen LogP contribution in [0.5, 0.6) is 0 Å². The lowest BCUT2D eigenvalue weighted by Crippen LogP contribution is -2.48. The first-order valence-electron chi connectivity index (χ1n) is 12.0. The van der Waals surface area contributed by atoms with Crippen molar-refractivity contribution in [2.75, 3.05) is 28.1 Å². The van der Waals surface area contributed by atoms with Crippen LogP contribution in [0.2, 0.25) is 0 Å². The topological polar surface area (TPSA) is 85.2 Å². The van der Waals surface area contributed by atoms with Gasteiger partial charge < -0.3 is 20.9 Å². The lowest BCUT2D eigenvalue weighted by Gasteiger charge is -2.53. The van der Waals surface area contributed by atoms with Gasteiger partial charge in [0.25, 0.3) is 0 Å². The second-order valence-electron chi connectivity index (χ2n) is 9.63. The quantitative estimate of drug-likeness (QED) is 0.244. The molecule has 0 spiro atoms. The van der Waals surface area contributed by atoms with E-state index in [1.807, 2.05) is 55.6 Å². The van der Waals surface area contributed by atoms with Crippen LogP contribution in [-0.4, -0.2) is 11.6 Å². The molecule has 4 atom stereocenters. The van der Waals surface area contributed by atoms with Crippen LogP contribution in [0.1, 0.15) is 33.6 Å². The Hall–Kier alpha value is -2.83. The Kier molecular flexibility index (Phi) is 7.01. The average molecular weight is 477 g/mol. The highest BCUT2D eigenvalue weighted by atomic mass is 32.2.